The molecule has 0 radical (unpaired) electrons. The van der Waals surface area contributed by atoms with Crippen LogP contribution in [0.25, 0.3) is 0 Å². The van der Waals surface area contributed by atoms with Crippen LogP contribution in [-0.2, 0) is 11.2 Å². The van der Waals surface area contributed by atoms with Gasteiger partial charge in [0.25, 0.3) is 0 Å². The van der Waals surface area contributed by atoms with E-state index in [1.807, 2.05) is 24.1 Å². The van der Waals surface area contributed by atoms with Crippen LogP contribution in [0.2, 0.25) is 0 Å². The van der Waals surface area contributed by atoms with Gasteiger partial charge in [-0.3, -0.25) is 4.79 Å². The van der Waals surface area contributed by atoms with Gasteiger partial charge in [0.15, 0.2) is 0 Å². The first-order chi connectivity index (χ1) is 9.11. The second kappa shape index (κ2) is 6.06. The summed E-state index contributed by atoms with van der Waals surface area (Å²) in [6.07, 6.45) is 1.46. The molecule has 2 rings (SSSR count). The van der Waals surface area contributed by atoms with E-state index in [4.69, 9.17) is 0 Å². The number of fused-ring (bicyclic) bond motifs is 1. The van der Waals surface area contributed by atoms with Crippen molar-refractivity contribution in [2.45, 2.75) is 32.7 Å². The Labute approximate surface area is 115 Å². The van der Waals surface area contributed by atoms with E-state index in [1.54, 1.807) is 0 Å². The van der Waals surface area contributed by atoms with Crippen molar-refractivity contribution in [2.75, 3.05) is 30.4 Å². The van der Waals surface area contributed by atoms with Crippen LogP contribution < -0.4 is 15.5 Å². The van der Waals surface area contributed by atoms with Crippen molar-refractivity contribution >= 4 is 17.3 Å². The van der Waals surface area contributed by atoms with Crippen LogP contribution in [0.3, 0.4) is 0 Å². The fraction of sp³-hybridized carbons (Fsp3) is 0.533. The molecule has 1 amide bonds. The average molecular weight is 261 g/mol. The minimum absolute atomic E-state index is 0.232. The maximum atomic E-state index is 12.1. The Morgan fingerprint density at radius 2 is 2.11 bits per heavy atom. The molecule has 1 aliphatic heterocycles. The van der Waals surface area contributed by atoms with Gasteiger partial charge >= 0.3 is 0 Å². The summed E-state index contributed by atoms with van der Waals surface area (Å²) in [6.45, 7) is 5.80. The number of amides is 1. The third-order valence-electron chi connectivity index (χ3n) is 3.46. The van der Waals surface area contributed by atoms with Crippen molar-refractivity contribution in [3.63, 3.8) is 0 Å². The van der Waals surface area contributed by atoms with E-state index < -0.39 is 0 Å². The van der Waals surface area contributed by atoms with E-state index in [0.29, 0.717) is 12.5 Å². The van der Waals surface area contributed by atoms with Gasteiger partial charge in [-0.25, -0.2) is 0 Å². The zero-order valence-electron chi connectivity index (χ0n) is 12.0. The van der Waals surface area contributed by atoms with E-state index in [9.17, 15) is 4.79 Å². The molecule has 2 N–H and O–H groups in total. The molecule has 104 valence electrons. The normalized spacial score (nSPS) is 14.7. The summed E-state index contributed by atoms with van der Waals surface area (Å²) in [5.41, 5.74) is 3.44. The highest BCUT2D eigenvalue weighted by Crippen LogP contribution is 2.29. The number of nitrogens with zero attached hydrogens (tertiary/aromatic N) is 1. The van der Waals surface area contributed by atoms with Crippen LogP contribution in [0.4, 0.5) is 11.4 Å². The highest BCUT2D eigenvalue weighted by Gasteiger charge is 2.23. The number of anilines is 2. The van der Waals surface area contributed by atoms with Crippen molar-refractivity contribution < 1.29 is 4.79 Å². The molecule has 19 heavy (non-hydrogen) atoms. The van der Waals surface area contributed by atoms with Crippen LogP contribution in [0, 0.1) is 0 Å². The number of rotatable bonds is 5. The molecule has 0 saturated carbocycles. The molecule has 0 bridgehead atoms. The zero-order chi connectivity index (χ0) is 13.8. The average Bonchev–Trinajstić information content (AvgIpc) is 2.40. The lowest BCUT2D eigenvalue weighted by Crippen LogP contribution is -2.41. The zero-order valence-corrected chi connectivity index (χ0v) is 12.0. The highest BCUT2D eigenvalue weighted by atomic mass is 16.2. The number of hydrogen-bond donors (Lipinski definition) is 2. The van der Waals surface area contributed by atoms with E-state index >= 15 is 0 Å². The van der Waals surface area contributed by atoms with Crippen molar-refractivity contribution in [3.8, 4) is 0 Å². The van der Waals surface area contributed by atoms with E-state index in [0.717, 1.165) is 30.9 Å². The molecule has 0 aromatic heterocycles. The minimum atomic E-state index is 0.232. The molecular formula is C15H23N3O. The standard InChI is InChI=1S/C15H23N3O/c1-11(2)17-8-9-18-14-6-5-13(16-3)10-12(14)4-7-15(18)19/h5-6,10-11,16-17H,4,7-9H2,1-3H3. The monoisotopic (exact) mass is 261 g/mol. The second-order valence-corrected chi connectivity index (χ2v) is 5.25. The summed E-state index contributed by atoms with van der Waals surface area (Å²) in [5, 5.41) is 6.51. The topological polar surface area (TPSA) is 44.4 Å². The van der Waals surface area contributed by atoms with Gasteiger partial charge in [0.2, 0.25) is 5.91 Å². The van der Waals surface area contributed by atoms with E-state index in [-0.39, 0.29) is 5.91 Å². The quantitative estimate of drug-likeness (QED) is 0.852. The molecular weight excluding hydrogens is 238 g/mol. The molecule has 0 atom stereocenters. The van der Waals surface area contributed by atoms with Gasteiger partial charge in [-0.15, -0.1) is 0 Å². The molecule has 0 aliphatic carbocycles. The van der Waals surface area contributed by atoms with E-state index in [2.05, 4.69) is 30.5 Å². The highest BCUT2D eigenvalue weighted by molar-refractivity contribution is 5.96. The van der Waals surface area contributed by atoms with Crippen LogP contribution >= 0.6 is 0 Å². The maximum absolute atomic E-state index is 12.1. The third-order valence-corrected chi connectivity index (χ3v) is 3.46. The van der Waals surface area contributed by atoms with E-state index in [1.165, 1.54) is 5.56 Å². The smallest absolute Gasteiger partial charge is 0.227 e. The predicted molar refractivity (Wildman–Crippen MR) is 79.8 cm³/mol. The SMILES string of the molecule is CNc1ccc2c(c1)CCC(=O)N2CCNC(C)C. The number of nitrogens with one attached hydrogen (secondary N) is 2. The van der Waals surface area contributed by atoms with Gasteiger partial charge in [-0.1, -0.05) is 13.8 Å². The third kappa shape index (κ3) is 3.26. The lowest BCUT2D eigenvalue weighted by atomic mass is 10.0. The predicted octanol–water partition coefficient (Wildman–Crippen LogP) is 2.01. The summed E-state index contributed by atoms with van der Waals surface area (Å²) >= 11 is 0. The molecule has 0 saturated heterocycles. The number of carbonyl (C=O) groups excluding carboxylic acids is 1. The maximum Gasteiger partial charge on any atom is 0.227 e. The van der Waals surface area contributed by atoms with Crippen LogP contribution in [-0.4, -0.2) is 32.1 Å². The molecule has 1 aliphatic rings. The van der Waals surface area contributed by atoms with Gasteiger partial charge in [0.05, 0.1) is 0 Å². The minimum Gasteiger partial charge on any atom is -0.388 e. The Balaban J connectivity index is 2.13. The van der Waals surface area contributed by atoms with Crippen molar-refractivity contribution in [1.29, 1.82) is 0 Å². The summed E-state index contributed by atoms with van der Waals surface area (Å²) in [5.74, 6) is 0.232. The molecule has 0 fully saturated rings. The van der Waals surface area contributed by atoms with Crippen LogP contribution in [0.15, 0.2) is 18.2 Å². The van der Waals surface area contributed by atoms with Crippen LogP contribution in [0.5, 0.6) is 0 Å². The largest absolute Gasteiger partial charge is 0.388 e. The molecule has 1 aromatic carbocycles. The first-order valence-corrected chi connectivity index (χ1v) is 6.96. The van der Waals surface area contributed by atoms with Gasteiger partial charge in [0.1, 0.15) is 0 Å². The Bertz CT molecular complexity index is 457. The van der Waals surface area contributed by atoms with Crippen molar-refractivity contribution in [2.24, 2.45) is 0 Å². The first kappa shape index (κ1) is 13.9. The molecule has 4 heteroatoms. The lowest BCUT2D eigenvalue weighted by Gasteiger charge is -2.30. The Morgan fingerprint density at radius 3 is 2.79 bits per heavy atom. The Hall–Kier alpha value is -1.55. The van der Waals surface area contributed by atoms with Crippen LogP contribution in [0.1, 0.15) is 25.8 Å². The van der Waals surface area contributed by atoms with Gasteiger partial charge in [-0.2, -0.15) is 0 Å². The molecule has 4 nitrogen and oxygen atoms in total. The molecule has 0 unspecified atom stereocenters. The fourth-order valence-electron chi connectivity index (χ4n) is 2.43. The summed E-state index contributed by atoms with van der Waals surface area (Å²) in [6, 6.07) is 6.67. The second-order valence-electron chi connectivity index (χ2n) is 5.25. The number of carbonyl (C=O) groups is 1. The number of benzene rings is 1. The lowest BCUT2D eigenvalue weighted by molar-refractivity contribution is -0.118. The summed E-state index contributed by atoms with van der Waals surface area (Å²) in [7, 11) is 1.92. The summed E-state index contributed by atoms with van der Waals surface area (Å²) < 4.78 is 0. The van der Waals surface area contributed by atoms with Crippen molar-refractivity contribution in [1.82, 2.24) is 5.32 Å². The summed E-state index contributed by atoms with van der Waals surface area (Å²) in [4.78, 5) is 14.0. The molecule has 0 spiro atoms. The van der Waals surface area contributed by atoms with Gasteiger partial charge in [-0.05, 0) is 30.2 Å². The Morgan fingerprint density at radius 1 is 1.32 bits per heavy atom. The number of aryl methyl sites for hydroxylation is 1. The molecule has 1 aromatic rings. The number of hydrogen-bond acceptors (Lipinski definition) is 3. The first-order valence-electron chi connectivity index (χ1n) is 6.96. The van der Waals surface area contributed by atoms with Gasteiger partial charge in [0, 0.05) is 44.0 Å². The Kier molecular flexibility index (Phi) is 4.43. The fourth-order valence-corrected chi connectivity index (χ4v) is 2.43. The van der Waals surface area contributed by atoms with Crippen molar-refractivity contribution in [3.05, 3.63) is 23.8 Å². The van der Waals surface area contributed by atoms with Gasteiger partial charge < -0.3 is 15.5 Å². The molecule has 1 heterocycles.